The minimum atomic E-state index is -0.496. The molecule has 2 N–H and O–H groups in total. The molecule has 8 heteroatoms. The van der Waals surface area contributed by atoms with Gasteiger partial charge in [0.1, 0.15) is 12.1 Å². The van der Waals surface area contributed by atoms with Gasteiger partial charge in [-0.25, -0.2) is 9.97 Å². The van der Waals surface area contributed by atoms with E-state index in [1.54, 1.807) is 24.3 Å². The highest BCUT2D eigenvalue weighted by Crippen LogP contribution is 2.31. The largest absolute Gasteiger partial charge is 0.494 e. The van der Waals surface area contributed by atoms with Gasteiger partial charge in [0.05, 0.1) is 11.5 Å². The molecule has 0 aliphatic rings. The third kappa shape index (κ3) is 4.69. The normalized spacial score (nSPS) is 10.3. The Morgan fingerprint density at radius 3 is 2.41 bits per heavy atom. The molecule has 0 spiro atoms. The summed E-state index contributed by atoms with van der Waals surface area (Å²) in [6, 6.07) is 16.7. The van der Waals surface area contributed by atoms with Crippen molar-refractivity contribution in [2.45, 2.75) is 13.5 Å². The first-order valence-electron chi connectivity index (χ1n) is 8.44. The second kappa shape index (κ2) is 8.61. The second-order valence-corrected chi connectivity index (χ2v) is 5.60. The first-order chi connectivity index (χ1) is 13.2. The molecule has 138 valence electrons. The quantitative estimate of drug-likeness (QED) is 0.457. The van der Waals surface area contributed by atoms with Crippen LogP contribution in [0.15, 0.2) is 60.9 Å². The van der Waals surface area contributed by atoms with Gasteiger partial charge in [-0.2, -0.15) is 0 Å². The van der Waals surface area contributed by atoms with Crippen molar-refractivity contribution in [3.8, 4) is 5.75 Å². The number of hydrogen-bond acceptors (Lipinski definition) is 7. The molecule has 0 saturated carbocycles. The zero-order valence-corrected chi connectivity index (χ0v) is 14.8. The lowest BCUT2D eigenvalue weighted by molar-refractivity contribution is -0.383. The predicted octanol–water partition coefficient (Wildman–Crippen LogP) is 4.14. The molecule has 0 amide bonds. The summed E-state index contributed by atoms with van der Waals surface area (Å²) in [6.07, 6.45) is 1.29. The van der Waals surface area contributed by atoms with Crippen LogP contribution in [0.2, 0.25) is 0 Å². The van der Waals surface area contributed by atoms with Crippen molar-refractivity contribution < 1.29 is 9.66 Å². The van der Waals surface area contributed by atoms with E-state index in [-0.39, 0.29) is 17.3 Å². The summed E-state index contributed by atoms with van der Waals surface area (Å²) in [6.45, 7) is 2.89. The standard InChI is InChI=1S/C19H19N5O3/c1-2-27-16-10-8-15(9-11-16)23-19-17(24(25)26)18(21-13-22-19)20-12-14-6-4-3-5-7-14/h3-11,13H,2,12H2,1H3,(H2,20,21,22,23). The molecule has 0 unspecified atom stereocenters. The zero-order valence-electron chi connectivity index (χ0n) is 14.8. The van der Waals surface area contributed by atoms with Crippen molar-refractivity contribution in [1.29, 1.82) is 0 Å². The molecule has 3 rings (SSSR count). The number of hydrogen-bond donors (Lipinski definition) is 2. The summed E-state index contributed by atoms with van der Waals surface area (Å²) in [5, 5.41) is 17.6. The van der Waals surface area contributed by atoms with Gasteiger partial charge in [-0.05, 0) is 36.8 Å². The Morgan fingerprint density at radius 1 is 1.04 bits per heavy atom. The van der Waals surface area contributed by atoms with E-state index in [9.17, 15) is 10.1 Å². The van der Waals surface area contributed by atoms with Crippen molar-refractivity contribution in [3.63, 3.8) is 0 Å². The zero-order chi connectivity index (χ0) is 19.1. The van der Waals surface area contributed by atoms with Gasteiger partial charge in [0, 0.05) is 12.2 Å². The highest BCUT2D eigenvalue weighted by molar-refractivity contribution is 5.73. The highest BCUT2D eigenvalue weighted by Gasteiger charge is 2.23. The number of nitro groups is 1. The molecule has 2 aromatic carbocycles. The summed E-state index contributed by atoms with van der Waals surface area (Å²) in [4.78, 5) is 19.2. The molecule has 1 heterocycles. The lowest BCUT2D eigenvalue weighted by Crippen LogP contribution is -2.08. The van der Waals surface area contributed by atoms with Crippen LogP contribution >= 0.6 is 0 Å². The summed E-state index contributed by atoms with van der Waals surface area (Å²) >= 11 is 0. The van der Waals surface area contributed by atoms with E-state index in [0.717, 1.165) is 11.3 Å². The van der Waals surface area contributed by atoms with Gasteiger partial charge in [-0.3, -0.25) is 10.1 Å². The Morgan fingerprint density at radius 2 is 1.74 bits per heavy atom. The average molecular weight is 365 g/mol. The molecule has 0 fully saturated rings. The predicted molar refractivity (Wildman–Crippen MR) is 103 cm³/mol. The number of nitrogens with zero attached hydrogens (tertiary/aromatic N) is 3. The molecule has 8 nitrogen and oxygen atoms in total. The molecule has 0 atom stereocenters. The summed E-state index contributed by atoms with van der Waals surface area (Å²) in [7, 11) is 0. The Kier molecular flexibility index (Phi) is 5.78. The van der Waals surface area contributed by atoms with E-state index in [1.165, 1.54) is 6.33 Å². The summed E-state index contributed by atoms with van der Waals surface area (Å²) in [5.41, 5.74) is 1.45. The number of ether oxygens (including phenoxy) is 1. The molecule has 27 heavy (non-hydrogen) atoms. The third-order valence-electron chi connectivity index (χ3n) is 3.74. The van der Waals surface area contributed by atoms with Crippen LogP contribution in [-0.4, -0.2) is 21.5 Å². The fraction of sp³-hybridized carbons (Fsp3) is 0.158. The van der Waals surface area contributed by atoms with Gasteiger partial charge >= 0.3 is 5.69 Å². The molecule has 1 aromatic heterocycles. The monoisotopic (exact) mass is 365 g/mol. The number of benzene rings is 2. The molecular formula is C19H19N5O3. The molecule has 0 aliphatic heterocycles. The van der Waals surface area contributed by atoms with Gasteiger partial charge in [0.25, 0.3) is 0 Å². The van der Waals surface area contributed by atoms with E-state index in [4.69, 9.17) is 4.74 Å². The van der Waals surface area contributed by atoms with E-state index in [1.807, 2.05) is 37.3 Å². The SMILES string of the molecule is CCOc1ccc(Nc2ncnc(NCc3ccccc3)c2[N+](=O)[O-])cc1. The molecule has 0 bridgehead atoms. The molecule has 3 aromatic rings. The lowest BCUT2D eigenvalue weighted by Gasteiger charge is -2.10. The maximum atomic E-state index is 11.6. The minimum Gasteiger partial charge on any atom is -0.494 e. The van der Waals surface area contributed by atoms with E-state index >= 15 is 0 Å². The first kappa shape index (κ1) is 18.1. The van der Waals surface area contributed by atoms with Crippen LogP contribution in [0.5, 0.6) is 5.75 Å². The molecular weight excluding hydrogens is 346 g/mol. The Balaban J connectivity index is 1.81. The van der Waals surface area contributed by atoms with Crippen LogP contribution in [0.4, 0.5) is 23.0 Å². The minimum absolute atomic E-state index is 0.120. The van der Waals surface area contributed by atoms with Crippen molar-refractivity contribution in [1.82, 2.24) is 9.97 Å². The second-order valence-electron chi connectivity index (χ2n) is 5.60. The third-order valence-corrected chi connectivity index (χ3v) is 3.74. The topological polar surface area (TPSA) is 102 Å². The lowest BCUT2D eigenvalue weighted by atomic mass is 10.2. The number of nitrogens with one attached hydrogen (secondary N) is 2. The Labute approximate surface area is 156 Å². The van der Waals surface area contributed by atoms with Gasteiger partial charge in [-0.15, -0.1) is 0 Å². The van der Waals surface area contributed by atoms with Crippen molar-refractivity contribution >= 4 is 23.0 Å². The van der Waals surface area contributed by atoms with Crippen LogP contribution in [0.3, 0.4) is 0 Å². The van der Waals surface area contributed by atoms with Crippen molar-refractivity contribution in [2.24, 2.45) is 0 Å². The number of rotatable bonds is 8. The summed E-state index contributed by atoms with van der Waals surface area (Å²) < 4.78 is 5.39. The van der Waals surface area contributed by atoms with Crippen molar-refractivity contribution in [2.75, 3.05) is 17.2 Å². The Bertz CT molecular complexity index is 901. The molecule has 0 saturated heterocycles. The average Bonchev–Trinajstić information content (AvgIpc) is 2.69. The van der Waals surface area contributed by atoms with Crippen LogP contribution in [0.1, 0.15) is 12.5 Å². The fourth-order valence-corrected chi connectivity index (χ4v) is 2.49. The van der Waals surface area contributed by atoms with Gasteiger partial charge in [0.2, 0.25) is 11.6 Å². The van der Waals surface area contributed by atoms with E-state index < -0.39 is 4.92 Å². The van der Waals surface area contributed by atoms with Gasteiger partial charge in [0.15, 0.2) is 0 Å². The first-order valence-corrected chi connectivity index (χ1v) is 8.44. The van der Waals surface area contributed by atoms with Crippen LogP contribution < -0.4 is 15.4 Å². The highest BCUT2D eigenvalue weighted by atomic mass is 16.6. The van der Waals surface area contributed by atoms with Crippen LogP contribution in [0.25, 0.3) is 0 Å². The van der Waals surface area contributed by atoms with Gasteiger partial charge in [-0.1, -0.05) is 30.3 Å². The number of aromatic nitrogens is 2. The maximum Gasteiger partial charge on any atom is 0.353 e. The van der Waals surface area contributed by atoms with E-state index in [0.29, 0.717) is 18.8 Å². The Hall–Kier alpha value is -3.68. The molecule has 0 aliphatic carbocycles. The van der Waals surface area contributed by atoms with Crippen molar-refractivity contribution in [3.05, 3.63) is 76.6 Å². The smallest absolute Gasteiger partial charge is 0.353 e. The summed E-state index contributed by atoms with van der Waals surface area (Å²) in [5.74, 6) is 1.01. The molecule has 0 radical (unpaired) electrons. The maximum absolute atomic E-state index is 11.6. The fourth-order valence-electron chi connectivity index (χ4n) is 2.49. The van der Waals surface area contributed by atoms with E-state index in [2.05, 4.69) is 20.6 Å². The number of anilines is 3. The van der Waals surface area contributed by atoms with Crippen LogP contribution in [-0.2, 0) is 6.54 Å². The van der Waals surface area contributed by atoms with Gasteiger partial charge < -0.3 is 15.4 Å². The van der Waals surface area contributed by atoms with Crippen LogP contribution in [0, 0.1) is 10.1 Å².